The number of rotatable bonds is 3. The molecule has 27 heavy (non-hydrogen) atoms. The molecule has 2 aromatic heterocycles. The molecule has 0 spiro atoms. The smallest absolute Gasteiger partial charge is 0.261 e. The molecule has 1 saturated carbocycles. The van der Waals surface area contributed by atoms with Gasteiger partial charge in [0.25, 0.3) is 5.91 Å². The van der Waals surface area contributed by atoms with Crippen molar-refractivity contribution in [2.45, 2.75) is 31.7 Å². The first-order chi connectivity index (χ1) is 13.1. The Hall–Kier alpha value is -2.37. The van der Waals surface area contributed by atoms with Crippen molar-refractivity contribution in [3.8, 4) is 0 Å². The standard InChI is InChI=1S/C20H17Cl2N3O2/c21-15-8-3-9-16(22)17(15)24-20(27)14-11-25(12-5-1-2-6-12)19-13(18(14)26)7-4-10-23-19/h3-4,7-12H,1-2,5-6H2,(H,24,27). The zero-order chi connectivity index (χ0) is 19.0. The maximum absolute atomic E-state index is 12.9. The third kappa shape index (κ3) is 3.33. The topological polar surface area (TPSA) is 64.0 Å². The zero-order valence-electron chi connectivity index (χ0n) is 14.4. The molecule has 0 saturated heterocycles. The highest BCUT2D eigenvalue weighted by atomic mass is 35.5. The monoisotopic (exact) mass is 401 g/mol. The molecule has 5 nitrogen and oxygen atoms in total. The zero-order valence-corrected chi connectivity index (χ0v) is 15.9. The van der Waals surface area contributed by atoms with Gasteiger partial charge >= 0.3 is 0 Å². The summed E-state index contributed by atoms with van der Waals surface area (Å²) in [5, 5.41) is 3.74. The van der Waals surface area contributed by atoms with E-state index < -0.39 is 5.91 Å². The van der Waals surface area contributed by atoms with E-state index in [1.165, 1.54) is 0 Å². The molecule has 1 aliphatic carbocycles. The van der Waals surface area contributed by atoms with E-state index in [4.69, 9.17) is 23.2 Å². The number of carbonyl (C=O) groups is 1. The number of carbonyl (C=O) groups excluding carboxylic acids is 1. The average molecular weight is 402 g/mol. The molecular weight excluding hydrogens is 385 g/mol. The summed E-state index contributed by atoms with van der Waals surface area (Å²) in [6.07, 6.45) is 7.55. The summed E-state index contributed by atoms with van der Waals surface area (Å²) in [6.45, 7) is 0. The highest BCUT2D eigenvalue weighted by molar-refractivity contribution is 6.40. The summed E-state index contributed by atoms with van der Waals surface area (Å²) in [5.74, 6) is -0.535. The van der Waals surface area contributed by atoms with Crippen LogP contribution >= 0.6 is 23.2 Å². The normalized spacial score (nSPS) is 14.6. The van der Waals surface area contributed by atoms with Crippen molar-refractivity contribution in [3.05, 3.63) is 68.6 Å². The SMILES string of the molecule is O=C(Nc1c(Cl)cccc1Cl)c1cn(C2CCCC2)c2ncccc2c1=O. The summed E-state index contributed by atoms with van der Waals surface area (Å²) in [7, 11) is 0. The lowest BCUT2D eigenvalue weighted by Crippen LogP contribution is -2.25. The minimum Gasteiger partial charge on any atom is -0.328 e. The van der Waals surface area contributed by atoms with E-state index in [2.05, 4.69) is 10.3 Å². The van der Waals surface area contributed by atoms with E-state index in [9.17, 15) is 9.59 Å². The molecule has 1 amide bonds. The van der Waals surface area contributed by atoms with Gasteiger partial charge in [-0.15, -0.1) is 0 Å². The van der Waals surface area contributed by atoms with Crippen molar-refractivity contribution in [1.82, 2.24) is 9.55 Å². The second-order valence-corrected chi connectivity index (χ2v) is 7.46. The molecule has 3 aromatic rings. The highest BCUT2D eigenvalue weighted by Gasteiger charge is 2.23. The van der Waals surface area contributed by atoms with Crippen LogP contribution in [0.25, 0.3) is 11.0 Å². The first-order valence-corrected chi connectivity index (χ1v) is 9.57. The molecule has 0 aliphatic heterocycles. The van der Waals surface area contributed by atoms with E-state index in [0.717, 1.165) is 25.7 Å². The summed E-state index contributed by atoms with van der Waals surface area (Å²) >= 11 is 12.3. The molecule has 1 aromatic carbocycles. The van der Waals surface area contributed by atoms with E-state index in [1.807, 2.05) is 4.57 Å². The highest BCUT2D eigenvalue weighted by Crippen LogP contribution is 2.32. The first kappa shape index (κ1) is 18.0. The molecule has 1 N–H and O–H groups in total. The Morgan fingerprint density at radius 2 is 1.81 bits per heavy atom. The fraction of sp³-hybridized carbons (Fsp3) is 0.250. The Kier molecular flexibility index (Phi) is 4.89. The maximum Gasteiger partial charge on any atom is 0.261 e. The number of benzene rings is 1. The van der Waals surface area contributed by atoms with Gasteiger partial charge in [0.2, 0.25) is 5.43 Å². The van der Waals surface area contributed by atoms with Gasteiger partial charge in [0, 0.05) is 18.4 Å². The van der Waals surface area contributed by atoms with Crippen LogP contribution in [0.2, 0.25) is 10.0 Å². The Morgan fingerprint density at radius 3 is 2.52 bits per heavy atom. The number of anilines is 1. The number of halogens is 2. The maximum atomic E-state index is 12.9. The van der Waals surface area contributed by atoms with Crippen molar-refractivity contribution in [1.29, 1.82) is 0 Å². The van der Waals surface area contributed by atoms with E-state index in [0.29, 0.717) is 26.8 Å². The number of pyridine rings is 2. The third-order valence-corrected chi connectivity index (χ3v) is 5.58. The largest absolute Gasteiger partial charge is 0.328 e. The van der Waals surface area contributed by atoms with Crippen LogP contribution in [-0.4, -0.2) is 15.5 Å². The number of nitrogens with zero attached hydrogens (tertiary/aromatic N) is 2. The number of nitrogens with one attached hydrogen (secondary N) is 1. The van der Waals surface area contributed by atoms with Crippen LogP contribution in [0.4, 0.5) is 5.69 Å². The van der Waals surface area contributed by atoms with Crippen LogP contribution in [0.15, 0.2) is 47.5 Å². The van der Waals surface area contributed by atoms with Gasteiger partial charge in [0.05, 0.1) is 21.1 Å². The van der Waals surface area contributed by atoms with Crippen LogP contribution in [0.3, 0.4) is 0 Å². The molecular formula is C20H17Cl2N3O2. The lowest BCUT2D eigenvalue weighted by Gasteiger charge is -2.18. The predicted octanol–water partition coefficient (Wildman–Crippen LogP) is 5.07. The minimum absolute atomic E-state index is 0.0541. The third-order valence-electron chi connectivity index (χ3n) is 4.95. The quantitative estimate of drug-likeness (QED) is 0.665. The van der Waals surface area contributed by atoms with Crippen LogP contribution in [-0.2, 0) is 0 Å². The van der Waals surface area contributed by atoms with Gasteiger partial charge in [-0.25, -0.2) is 4.98 Å². The summed E-state index contributed by atoms with van der Waals surface area (Å²) in [5.41, 5.74) is 0.608. The Balaban J connectivity index is 1.82. The molecule has 7 heteroatoms. The average Bonchev–Trinajstić information content (AvgIpc) is 3.20. The molecule has 0 radical (unpaired) electrons. The number of aromatic nitrogens is 2. The summed E-state index contributed by atoms with van der Waals surface area (Å²) in [6, 6.07) is 8.59. The van der Waals surface area contributed by atoms with Crippen LogP contribution < -0.4 is 10.7 Å². The lowest BCUT2D eigenvalue weighted by atomic mass is 10.1. The fourth-order valence-electron chi connectivity index (χ4n) is 3.60. The van der Waals surface area contributed by atoms with Crippen molar-refractivity contribution >= 4 is 45.8 Å². The van der Waals surface area contributed by atoms with Crippen molar-refractivity contribution in [2.24, 2.45) is 0 Å². The minimum atomic E-state index is -0.535. The van der Waals surface area contributed by atoms with Crippen molar-refractivity contribution < 1.29 is 4.79 Å². The number of hydrogen-bond donors (Lipinski definition) is 1. The van der Waals surface area contributed by atoms with Gasteiger partial charge in [0.15, 0.2) is 0 Å². The number of fused-ring (bicyclic) bond motifs is 1. The van der Waals surface area contributed by atoms with Gasteiger partial charge < -0.3 is 9.88 Å². The van der Waals surface area contributed by atoms with Gasteiger partial charge in [-0.1, -0.05) is 42.1 Å². The Labute approximate surface area is 165 Å². The molecule has 0 bridgehead atoms. The van der Waals surface area contributed by atoms with Crippen molar-refractivity contribution in [2.75, 3.05) is 5.32 Å². The van der Waals surface area contributed by atoms with Gasteiger partial charge in [-0.3, -0.25) is 9.59 Å². The Morgan fingerprint density at radius 1 is 1.11 bits per heavy atom. The Bertz CT molecular complexity index is 1070. The predicted molar refractivity (Wildman–Crippen MR) is 108 cm³/mol. The second-order valence-electron chi connectivity index (χ2n) is 6.64. The molecule has 1 aliphatic rings. The van der Waals surface area contributed by atoms with E-state index >= 15 is 0 Å². The molecule has 0 unspecified atom stereocenters. The van der Waals surface area contributed by atoms with E-state index in [1.54, 1.807) is 42.7 Å². The molecule has 4 rings (SSSR count). The van der Waals surface area contributed by atoms with Crippen LogP contribution in [0.5, 0.6) is 0 Å². The van der Waals surface area contributed by atoms with Crippen molar-refractivity contribution in [3.63, 3.8) is 0 Å². The van der Waals surface area contributed by atoms with Gasteiger partial charge in [-0.2, -0.15) is 0 Å². The lowest BCUT2D eigenvalue weighted by molar-refractivity contribution is 0.102. The number of para-hydroxylation sites is 1. The summed E-state index contributed by atoms with van der Waals surface area (Å²) in [4.78, 5) is 30.2. The summed E-state index contributed by atoms with van der Waals surface area (Å²) < 4.78 is 1.97. The first-order valence-electron chi connectivity index (χ1n) is 8.81. The van der Waals surface area contributed by atoms with Crippen LogP contribution in [0, 0.1) is 0 Å². The fourth-order valence-corrected chi connectivity index (χ4v) is 4.10. The van der Waals surface area contributed by atoms with E-state index in [-0.39, 0.29) is 17.0 Å². The second kappa shape index (κ2) is 7.33. The molecule has 2 heterocycles. The molecule has 0 atom stereocenters. The molecule has 138 valence electrons. The van der Waals surface area contributed by atoms with Gasteiger partial charge in [-0.05, 0) is 37.1 Å². The number of amides is 1. The van der Waals surface area contributed by atoms with Crippen LogP contribution in [0.1, 0.15) is 42.1 Å². The van der Waals surface area contributed by atoms with Gasteiger partial charge in [0.1, 0.15) is 11.2 Å². The molecule has 1 fully saturated rings. The number of hydrogen-bond acceptors (Lipinski definition) is 3.